The molecule has 3 heteroatoms. The summed E-state index contributed by atoms with van der Waals surface area (Å²) in [6.07, 6.45) is 4.98. The zero-order valence-electron chi connectivity index (χ0n) is 11.6. The summed E-state index contributed by atoms with van der Waals surface area (Å²) in [6, 6.07) is 10.00. The van der Waals surface area contributed by atoms with E-state index in [1.165, 1.54) is 7.11 Å². The van der Waals surface area contributed by atoms with Gasteiger partial charge in [0.05, 0.1) is 12.7 Å². The molecule has 0 saturated carbocycles. The Morgan fingerprint density at radius 2 is 2.00 bits per heavy atom. The highest BCUT2D eigenvalue weighted by atomic mass is 16.5. The normalized spacial score (nSPS) is 18.7. The molecule has 2 rings (SSSR count). The third kappa shape index (κ3) is 2.55. The Balaban J connectivity index is 2.43. The van der Waals surface area contributed by atoms with Crippen molar-refractivity contribution in [2.75, 3.05) is 12.0 Å². The SMILES string of the molecule is CC[C@@H]1C=CN(c2ccccc2)C(C)=C1C(=O)OC. The molecule has 0 N–H and O–H groups in total. The Kier molecular flexibility index (Phi) is 4.05. The molecule has 1 aromatic rings. The number of methoxy groups -OCH3 is 1. The minimum atomic E-state index is -0.241. The molecule has 0 saturated heterocycles. The van der Waals surface area contributed by atoms with Crippen LogP contribution in [0.25, 0.3) is 0 Å². The maximum atomic E-state index is 12.0. The summed E-state index contributed by atoms with van der Waals surface area (Å²) < 4.78 is 4.92. The Morgan fingerprint density at radius 1 is 1.32 bits per heavy atom. The Hall–Kier alpha value is -2.03. The van der Waals surface area contributed by atoms with E-state index in [0.717, 1.165) is 23.4 Å². The van der Waals surface area contributed by atoms with E-state index < -0.39 is 0 Å². The van der Waals surface area contributed by atoms with Crippen molar-refractivity contribution in [1.29, 1.82) is 0 Å². The third-order valence-electron chi connectivity index (χ3n) is 3.47. The quantitative estimate of drug-likeness (QED) is 0.776. The van der Waals surface area contributed by atoms with Crippen LogP contribution in [0.5, 0.6) is 0 Å². The lowest BCUT2D eigenvalue weighted by atomic mass is 9.91. The molecule has 1 heterocycles. The Labute approximate surface area is 114 Å². The summed E-state index contributed by atoms with van der Waals surface area (Å²) >= 11 is 0. The van der Waals surface area contributed by atoms with E-state index in [0.29, 0.717) is 0 Å². The van der Waals surface area contributed by atoms with E-state index in [1.54, 1.807) is 0 Å². The van der Waals surface area contributed by atoms with Crippen LogP contribution in [0.15, 0.2) is 53.9 Å². The molecule has 0 radical (unpaired) electrons. The zero-order valence-corrected chi connectivity index (χ0v) is 11.6. The first-order valence-electron chi connectivity index (χ1n) is 6.50. The average Bonchev–Trinajstić information content (AvgIpc) is 2.47. The number of para-hydroxylation sites is 1. The Bertz CT molecular complexity index is 517. The van der Waals surface area contributed by atoms with Gasteiger partial charge >= 0.3 is 5.97 Å². The number of rotatable bonds is 3. The monoisotopic (exact) mass is 257 g/mol. The van der Waals surface area contributed by atoms with Crippen molar-refractivity contribution in [3.05, 3.63) is 53.9 Å². The van der Waals surface area contributed by atoms with Crippen LogP contribution >= 0.6 is 0 Å². The van der Waals surface area contributed by atoms with Crippen LogP contribution in [0.3, 0.4) is 0 Å². The lowest BCUT2D eigenvalue weighted by Gasteiger charge is -2.30. The van der Waals surface area contributed by atoms with Crippen molar-refractivity contribution in [3.63, 3.8) is 0 Å². The topological polar surface area (TPSA) is 29.5 Å². The van der Waals surface area contributed by atoms with Crippen molar-refractivity contribution in [2.45, 2.75) is 20.3 Å². The van der Waals surface area contributed by atoms with Gasteiger partial charge in [-0.1, -0.05) is 31.2 Å². The molecule has 100 valence electrons. The van der Waals surface area contributed by atoms with Crippen molar-refractivity contribution in [3.8, 4) is 0 Å². The van der Waals surface area contributed by atoms with E-state index in [2.05, 4.69) is 13.0 Å². The van der Waals surface area contributed by atoms with Gasteiger partial charge < -0.3 is 9.64 Å². The van der Waals surface area contributed by atoms with Gasteiger partial charge in [0.25, 0.3) is 0 Å². The van der Waals surface area contributed by atoms with Crippen LogP contribution in [-0.4, -0.2) is 13.1 Å². The fourth-order valence-corrected chi connectivity index (χ4v) is 2.41. The van der Waals surface area contributed by atoms with Gasteiger partial charge in [-0.05, 0) is 25.5 Å². The highest BCUT2D eigenvalue weighted by Crippen LogP contribution is 2.31. The second-order valence-electron chi connectivity index (χ2n) is 4.55. The summed E-state index contributed by atoms with van der Waals surface area (Å²) in [6.45, 7) is 4.04. The van der Waals surface area contributed by atoms with E-state index in [9.17, 15) is 4.79 Å². The molecule has 0 bridgehead atoms. The number of anilines is 1. The molecular formula is C16H19NO2. The Morgan fingerprint density at radius 3 is 2.58 bits per heavy atom. The van der Waals surface area contributed by atoms with E-state index in [-0.39, 0.29) is 11.9 Å². The van der Waals surface area contributed by atoms with Gasteiger partial charge in [0, 0.05) is 23.5 Å². The molecule has 19 heavy (non-hydrogen) atoms. The summed E-state index contributed by atoms with van der Waals surface area (Å²) in [4.78, 5) is 14.0. The van der Waals surface area contributed by atoms with Crippen molar-refractivity contribution in [1.82, 2.24) is 0 Å². The molecule has 0 spiro atoms. The van der Waals surface area contributed by atoms with Gasteiger partial charge in [-0.15, -0.1) is 0 Å². The number of nitrogens with zero attached hydrogens (tertiary/aromatic N) is 1. The van der Waals surface area contributed by atoms with Crippen molar-refractivity contribution in [2.24, 2.45) is 5.92 Å². The van der Waals surface area contributed by atoms with E-state index in [1.807, 2.05) is 48.4 Å². The average molecular weight is 257 g/mol. The molecule has 0 aromatic heterocycles. The first-order chi connectivity index (χ1) is 9.19. The third-order valence-corrected chi connectivity index (χ3v) is 3.47. The van der Waals surface area contributed by atoms with Gasteiger partial charge in [-0.3, -0.25) is 0 Å². The number of benzene rings is 1. The first kappa shape index (κ1) is 13.4. The number of carbonyl (C=O) groups excluding carboxylic acids is 1. The number of esters is 1. The molecule has 1 atom stereocenters. The predicted molar refractivity (Wildman–Crippen MR) is 76.6 cm³/mol. The summed E-state index contributed by atoms with van der Waals surface area (Å²) in [5.41, 5.74) is 2.73. The maximum Gasteiger partial charge on any atom is 0.336 e. The molecule has 0 aliphatic carbocycles. The summed E-state index contributed by atoms with van der Waals surface area (Å²) in [5.74, 6) is -0.109. The second kappa shape index (κ2) is 5.74. The molecule has 1 aromatic carbocycles. The molecule has 0 amide bonds. The number of ether oxygens (including phenoxy) is 1. The number of carbonyl (C=O) groups is 1. The second-order valence-corrected chi connectivity index (χ2v) is 4.55. The largest absolute Gasteiger partial charge is 0.466 e. The van der Waals surface area contributed by atoms with Gasteiger partial charge in [-0.2, -0.15) is 0 Å². The lowest BCUT2D eigenvalue weighted by Crippen LogP contribution is -2.26. The van der Waals surface area contributed by atoms with Crippen molar-refractivity contribution < 1.29 is 9.53 Å². The lowest BCUT2D eigenvalue weighted by molar-refractivity contribution is -0.136. The molecule has 1 aliphatic heterocycles. The van der Waals surface area contributed by atoms with Crippen LogP contribution in [-0.2, 0) is 9.53 Å². The summed E-state index contributed by atoms with van der Waals surface area (Å²) in [7, 11) is 1.43. The smallest absolute Gasteiger partial charge is 0.336 e. The highest BCUT2D eigenvalue weighted by molar-refractivity contribution is 5.91. The molecule has 3 nitrogen and oxygen atoms in total. The molecule has 1 aliphatic rings. The van der Waals surface area contributed by atoms with Gasteiger partial charge in [0.1, 0.15) is 0 Å². The van der Waals surface area contributed by atoms with Crippen molar-refractivity contribution >= 4 is 11.7 Å². The maximum absolute atomic E-state index is 12.0. The molecule has 0 fully saturated rings. The predicted octanol–water partition coefficient (Wildman–Crippen LogP) is 3.49. The van der Waals surface area contributed by atoms with Crippen LogP contribution in [0.4, 0.5) is 5.69 Å². The number of allylic oxidation sites excluding steroid dienone is 2. The van der Waals surface area contributed by atoms with E-state index in [4.69, 9.17) is 4.74 Å². The number of hydrogen-bond acceptors (Lipinski definition) is 3. The van der Waals surface area contributed by atoms with Crippen LogP contribution in [0.2, 0.25) is 0 Å². The highest BCUT2D eigenvalue weighted by Gasteiger charge is 2.27. The molecule has 0 unspecified atom stereocenters. The fourth-order valence-electron chi connectivity index (χ4n) is 2.41. The van der Waals surface area contributed by atoms with Crippen LogP contribution < -0.4 is 4.90 Å². The minimum absolute atomic E-state index is 0.132. The van der Waals surface area contributed by atoms with Crippen LogP contribution in [0.1, 0.15) is 20.3 Å². The van der Waals surface area contributed by atoms with Gasteiger partial charge in [0.2, 0.25) is 0 Å². The molecular weight excluding hydrogens is 238 g/mol. The first-order valence-corrected chi connectivity index (χ1v) is 6.50. The summed E-state index contributed by atoms with van der Waals surface area (Å²) in [5, 5.41) is 0. The minimum Gasteiger partial charge on any atom is -0.466 e. The van der Waals surface area contributed by atoms with Gasteiger partial charge in [0.15, 0.2) is 0 Å². The van der Waals surface area contributed by atoms with E-state index >= 15 is 0 Å². The fraction of sp³-hybridized carbons (Fsp3) is 0.312. The van der Waals surface area contributed by atoms with Crippen LogP contribution in [0, 0.1) is 5.92 Å². The zero-order chi connectivity index (χ0) is 13.8. The van der Waals surface area contributed by atoms with Gasteiger partial charge in [-0.25, -0.2) is 4.79 Å². The number of hydrogen-bond donors (Lipinski definition) is 0. The standard InChI is InChI=1S/C16H19NO2/c1-4-13-10-11-17(14-8-6-5-7-9-14)12(2)15(13)16(18)19-3/h5-11,13H,4H2,1-3H3/t13-/m1/s1.